The molecule has 0 aliphatic heterocycles. The van der Waals surface area contributed by atoms with Crippen LogP contribution in [-0.4, -0.2) is 14.7 Å². The number of anilines is 1. The molecule has 0 spiro atoms. The summed E-state index contributed by atoms with van der Waals surface area (Å²) in [5.41, 5.74) is 1.98. The largest absolute Gasteiger partial charge is 0.502 e. The molecule has 1 rings (SSSR count). The molecule has 1 aromatic rings. The SMILES string of the molecule is O=P(O)(O)OP(=O)(O)ONc1ccc(F)cc1. The Labute approximate surface area is 94.8 Å². The molecule has 4 N–H and O–H groups in total. The van der Waals surface area contributed by atoms with Crippen LogP contribution < -0.4 is 5.48 Å². The predicted molar refractivity (Wildman–Crippen MR) is 54.1 cm³/mol. The fraction of sp³-hybridized carbons (Fsp3) is 0. The molecule has 0 saturated carbocycles. The van der Waals surface area contributed by atoms with Gasteiger partial charge < -0.3 is 14.7 Å². The van der Waals surface area contributed by atoms with Gasteiger partial charge in [0, 0.05) is 0 Å². The lowest BCUT2D eigenvalue weighted by atomic mass is 10.3. The van der Waals surface area contributed by atoms with E-state index < -0.39 is 21.5 Å². The summed E-state index contributed by atoms with van der Waals surface area (Å²) in [6.07, 6.45) is 0. The van der Waals surface area contributed by atoms with Crippen LogP contribution in [0.25, 0.3) is 0 Å². The van der Waals surface area contributed by atoms with Crippen LogP contribution in [0.1, 0.15) is 0 Å². The molecule has 0 radical (unpaired) electrons. The first-order chi connectivity index (χ1) is 7.68. The molecule has 0 saturated heterocycles. The number of hydrogen-bond acceptors (Lipinski definition) is 5. The lowest BCUT2D eigenvalue weighted by Crippen LogP contribution is -2.01. The Balaban J connectivity index is 2.58. The van der Waals surface area contributed by atoms with Crippen LogP contribution in [0, 0.1) is 5.82 Å². The molecule has 1 atom stereocenters. The molecule has 0 aromatic heterocycles. The number of rotatable bonds is 5. The van der Waals surface area contributed by atoms with Crippen molar-refractivity contribution >= 4 is 21.3 Å². The lowest BCUT2D eigenvalue weighted by Gasteiger charge is -2.12. The maximum atomic E-state index is 12.5. The van der Waals surface area contributed by atoms with E-state index in [0.29, 0.717) is 0 Å². The van der Waals surface area contributed by atoms with Crippen molar-refractivity contribution < 1.29 is 37.1 Å². The van der Waals surface area contributed by atoms with E-state index in [-0.39, 0.29) is 5.69 Å². The molecule has 0 aliphatic rings. The van der Waals surface area contributed by atoms with E-state index in [1.54, 1.807) is 0 Å². The van der Waals surface area contributed by atoms with Crippen LogP contribution in [0.5, 0.6) is 0 Å². The quantitative estimate of drug-likeness (QED) is 0.472. The van der Waals surface area contributed by atoms with Crippen molar-refractivity contribution in [2.24, 2.45) is 0 Å². The highest BCUT2D eigenvalue weighted by atomic mass is 31.3. The highest BCUT2D eigenvalue weighted by Gasteiger charge is 2.32. The van der Waals surface area contributed by atoms with Crippen LogP contribution in [0.15, 0.2) is 24.3 Å². The summed E-state index contributed by atoms with van der Waals surface area (Å²) in [5.74, 6) is -0.533. The number of halogens is 1. The molecule has 11 heteroatoms. The molecule has 0 fully saturated rings. The van der Waals surface area contributed by atoms with Crippen LogP contribution in [0.4, 0.5) is 10.1 Å². The van der Waals surface area contributed by atoms with E-state index in [1.807, 2.05) is 5.48 Å². The van der Waals surface area contributed by atoms with Crippen LogP contribution in [0.3, 0.4) is 0 Å². The Morgan fingerprint density at radius 3 is 2.12 bits per heavy atom. The molecule has 0 heterocycles. The van der Waals surface area contributed by atoms with Crippen molar-refractivity contribution in [3.05, 3.63) is 30.1 Å². The molecule has 1 unspecified atom stereocenters. The zero-order valence-electron chi connectivity index (χ0n) is 8.06. The van der Waals surface area contributed by atoms with E-state index >= 15 is 0 Å². The Hall–Kier alpha value is -0.790. The minimum absolute atomic E-state index is 0.0926. The van der Waals surface area contributed by atoms with Gasteiger partial charge in [-0.2, -0.15) is 8.94 Å². The fourth-order valence-corrected chi connectivity index (χ4v) is 2.21. The van der Waals surface area contributed by atoms with Gasteiger partial charge >= 0.3 is 15.6 Å². The first-order valence-corrected chi connectivity index (χ1v) is 7.00. The first-order valence-electron chi connectivity index (χ1n) is 3.98. The van der Waals surface area contributed by atoms with Crippen molar-refractivity contribution in [1.29, 1.82) is 0 Å². The van der Waals surface area contributed by atoms with Gasteiger partial charge in [-0.3, -0.25) is 5.48 Å². The normalized spacial score (nSPS) is 15.3. The molecule has 0 amide bonds. The average Bonchev–Trinajstić information content (AvgIpc) is 2.13. The zero-order valence-corrected chi connectivity index (χ0v) is 9.85. The third-order valence-electron chi connectivity index (χ3n) is 1.33. The van der Waals surface area contributed by atoms with E-state index in [2.05, 4.69) is 8.94 Å². The van der Waals surface area contributed by atoms with Gasteiger partial charge in [-0.15, -0.1) is 0 Å². The van der Waals surface area contributed by atoms with E-state index in [1.165, 1.54) is 12.1 Å². The number of hydrogen-bond donors (Lipinski definition) is 4. The number of benzene rings is 1. The molecular weight excluding hydrogens is 279 g/mol. The fourth-order valence-electron chi connectivity index (χ4n) is 0.779. The topological polar surface area (TPSA) is 125 Å². The summed E-state index contributed by atoms with van der Waals surface area (Å²) in [6, 6.07) is 4.43. The Morgan fingerprint density at radius 1 is 1.12 bits per heavy atom. The molecule has 0 aliphatic carbocycles. The smallest absolute Gasteiger partial charge is 0.302 e. The van der Waals surface area contributed by atoms with E-state index in [9.17, 15) is 13.5 Å². The second-order valence-electron chi connectivity index (χ2n) is 2.74. The van der Waals surface area contributed by atoms with Gasteiger partial charge in [-0.1, -0.05) is 0 Å². The molecule has 1 aromatic carbocycles. The molecule has 8 nitrogen and oxygen atoms in total. The maximum Gasteiger partial charge on any atom is 0.502 e. The minimum atomic E-state index is -5.15. The Morgan fingerprint density at radius 2 is 1.65 bits per heavy atom. The van der Waals surface area contributed by atoms with E-state index in [4.69, 9.17) is 14.7 Å². The highest BCUT2D eigenvalue weighted by Crippen LogP contribution is 2.57. The highest BCUT2D eigenvalue weighted by molar-refractivity contribution is 7.60. The summed E-state index contributed by atoms with van der Waals surface area (Å²) in [5, 5.41) is 0. The van der Waals surface area contributed by atoms with E-state index in [0.717, 1.165) is 12.1 Å². The second kappa shape index (κ2) is 5.24. The van der Waals surface area contributed by atoms with Gasteiger partial charge in [0.15, 0.2) is 0 Å². The van der Waals surface area contributed by atoms with Crippen molar-refractivity contribution in [2.45, 2.75) is 0 Å². The van der Waals surface area contributed by atoms with Crippen LogP contribution >= 0.6 is 15.6 Å². The Kier molecular flexibility index (Phi) is 4.40. The zero-order chi connectivity index (χ0) is 13.1. The summed E-state index contributed by atoms with van der Waals surface area (Å²) in [7, 11) is -10.1. The van der Waals surface area contributed by atoms with Gasteiger partial charge in [0.1, 0.15) is 5.82 Å². The summed E-state index contributed by atoms with van der Waals surface area (Å²) in [6.45, 7) is 0. The molecular formula is C6H8FNO7P2. The van der Waals surface area contributed by atoms with Crippen LogP contribution in [-0.2, 0) is 18.1 Å². The standard InChI is InChI=1S/C6H8FNO7P2/c7-5-1-3-6(4-2-5)8-14-17(12,13)15-16(9,10)11/h1-4,8H,(H,12,13)(H2,9,10,11). The monoisotopic (exact) mass is 287 g/mol. The van der Waals surface area contributed by atoms with Gasteiger partial charge in [0.25, 0.3) is 0 Å². The average molecular weight is 287 g/mol. The van der Waals surface area contributed by atoms with Gasteiger partial charge in [-0.05, 0) is 24.3 Å². The summed E-state index contributed by atoms with van der Waals surface area (Å²) < 4.78 is 41.3. The lowest BCUT2D eigenvalue weighted by molar-refractivity contribution is 0.202. The van der Waals surface area contributed by atoms with Crippen molar-refractivity contribution in [3.63, 3.8) is 0 Å². The van der Waals surface area contributed by atoms with Crippen LogP contribution in [0.2, 0.25) is 0 Å². The third kappa shape index (κ3) is 5.90. The maximum absolute atomic E-state index is 12.5. The predicted octanol–water partition coefficient (Wildman–Crippen LogP) is 1.38. The van der Waals surface area contributed by atoms with Gasteiger partial charge in [0.2, 0.25) is 0 Å². The Bertz CT molecular complexity index is 472. The number of phosphoric acid groups is 2. The summed E-state index contributed by atoms with van der Waals surface area (Å²) in [4.78, 5) is 25.4. The first kappa shape index (κ1) is 14.3. The van der Waals surface area contributed by atoms with Gasteiger partial charge in [0.05, 0.1) is 5.69 Å². The second-order valence-corrected chi connectivity index (χ2v) is 5.50. The van der Waals surface area contributed by atoms with Crippen molar-refractivity contribution in [1.82, 2.24) is 0 Å². The molecule has 0 bridgehead atoms. The molecule has 96 valence electrons. The van der Waals surface area contributed by atoms with Crippen molar-refractivity contribution in [3.8, 4) is 0 Å². The summed E-state index contributed by atoms with van der Waals surface area (Å²) >= 11 is 0. The third-order valence-corrected chi connectivity index (χ3v) is 3.33. The molecule has 17 heavy (non-hydrogen) atoms. The van der Waals surface area contributed by atoms with Gasteiger partial charge in [-0.25, -0.2) is 13.5 Å². The minimum Gasteiger partial charge on any atom is -0.302 e. The van der Waals surface area contributed by atoms with Crippen molar-refractivity contribution in [2.75, 3.05) is 5.48 Å². The number of nitrogens with one attached hydrogen (secondary N) is 1.